The molecule has 0 saturated heterocycles. The highest BCUT2D eigenvalue weighted by molar-refractivity contribution is 5.71. The summed E-state index contributed by atoms with van der Waals surface area (Å²) in [7, 11) is 0. The Kier molecular flexibility index (Phi) is 62.7. The monoisotopic (exact) mass is 1070 g/mol. The van der Waals surface area contributed by atoms with Crippen LogP contribution in [0.15, 0.2) is 72.9 Å². The predicted molar refractivity (Wildman–Crippen MR) is 335 cm³/mol. The summed E-state index contributed by atoms with van der Waals surface area (Å²) in [6.07, 6.45) is 85.0. The molecule has 6 nitrogen and oxygen atoms in total. The van der Waals surface area contributed by atoms with Crippen molar-refractivity contribution in [1.82, 2.24) is 0 Å². The van der Waals surface area contributed by atoms with Crippen LogP contribution in [0.3, 0.4) is 0 Å². The van der Waals surface area contributed by atoms with Crippen LogP contribution in [-0.4, -0.2) is 37.2 Å². The highest BCUT2D eigenvalue weighted by Crippen LogP contribution is 2.18. The molecule has 0 saturated carbocycles. The van der Waals surface area contributed by atoms with Gasteiger partial charge in [-0.05, 0) is 70.6 Å². The molecule has 0 bridgehead atoms. The number of rotatable bonds is 61. The van der Waals surface area contributed by atoms with Crippen LogP contribution in [0.1, 0.15) is 342 Å². The zero-order chi connectivity index (χ0) is 55.7. The Labute approximate surface area is 478 Å². The van der Waals surface area contributed by atoms with Crippen molar-refractivity contribution in [1.29, 1.82) is 0 Å². The summed E-state index contributed by atoms with van der Waals surface area (Å²) in [6, 6.07) is 0. The number of ether oxygens (including phenoxy) is 3. The van der Waals surface area contributed by atoms with E-state index < -0.39 is 6.10 Å². The first-order valence-corrected chi connectivity index (χ1v) is 33.4. The fourth-order valence-electron chi connectivity index (χ4n) is 9.74. The molecule has 0 aromatic rings. The number of hydrogen-bond acceptors (Lipinski definition) is 6. The van der Waals surface area contributed by atoms with Gasteiger partial charge < -0.3 is 14.2 Å². The lowest BCUT2D eigenvalue weighted by molar-refractivity contribution is -0.167. The van der Waals surface area contributed by atoms with E-state index in [4.69, 9.17) is 14.2 Å². The summed E-state index contributed by atoms with van der Waals surface area (Å²) in [5.74, 6) is -0.849. The maximum Gasteiger partial charge on any atom is 0.306 e. The van der Waals surface area contributed by atoms with Crippen molar-refractivity contribution in [3.8, 4) is 0 Å². The van der Waals surface area contributed by atoms with Gasteiger partial charge in [-0.3, -0.25) is 14.4 Å². The van der Waals surface area contributed by atoms with E-state index in [2.05, 4.69) is 93.7 Å². The highest BCUT2D eigenvalue weighted by atomic mass is 16.6. The molecule has 0 spiro atoms. The summed E-state index contributed by atoms with van der Waals surface area (Å²) in [6.45, 7) is 6.56. The number of esters is 3. The van der Waals surface area contributed by atoms with E-state index in [1.165, 1.54) is 205 Å². The fourth-order valence-corrected chi connectivity index (χ4v) is 9.74. The van der Waals surface area contributed by atoms with Crippen LogP contribution in [0.2, 0.25) is 0 Å². The second-order valence-electron chi connectivity index (χ2n) is 22.4. The van der Waals surface area contributed by atoms with E-state index in [1.807, 2.05) is 0 Å². The first-order valence-electron chi connectivity index (χ1n) is 33.4. The molecule has 0 amide bonds. The average Bonchev–Trinajstić information content (AvgIpc) is 3.43. The Morgan fingerprint density at radius 1 is 0.273 bits per heavy atom. The van der Waals surface area contributed by atoms with Gasteiger partial charge >= 0.3 is 17.9 Å². The number of allylic oxidation sites excluding steroid dienone is 12. The van der Waals surface area contributed by atoms with Crippen molar-refractivity contribution in [2.24, 2.45) is 0 Å². The van der Waals surface area contributed by atoms with Crippen LogP contribution in [0, 0.1) is 0 Å². The Morgan fingerprint density at radius 2 is 0.506 bits per heavy atom. The smallest absolute Gasteiger partial charge is 0.306 e. The standard InChI is InChI=1S/C71H126O6/c1-4-7-10-13-16-19-22-24-25-26-27-28-29-30-31-32-33-34-35-36-37-38-39-40-41-42-43-44-45-47-49-52-55-58-61-64-70(73)76-67-68(66-75-69(72)63-60-57-54-51-48-21-18-15-12-9-6-3)77-71(74)65-62-59-56-53-50-46-23-20-17-14-11-8-5-2/h7,10,16,19,24-25,27-28,30-31,33-34,68H,4-6,8-9,11-15,17-18,20-23,26,29,32,35-67H2,1-3H3/b10-7-,19-16-,25-24-,28-27-,31-30-,34-33-. The quantitative estimate of drug-likeness (QED) is 0.0261. The Morgan fingerprint density at radius 3 is 0.792 bits per heavy atom. The summed E-state index contributed by atoms with van der Waals surface area (Å²) in [4.78, 5) is 38.2. The Hall–Kier alpha value is -3.15. The third-order valence-corrected chi connectivity index (χ3v) is 14.7. The van der Waals surface area contributed by atoms with E-state index in [-0.39, 0.29) is 31.1 Å². The highest BCUT2D eigenvalue weighted by Gasteiger charge is 2.19. The maximum atomic E-state index is 12.9. The van der Waals surface area contributed by atoms with E-state index in [9.17, 15) is 14.4 Å². The van der Waals surface area contributed by atoms with Crippen LogP contribution in [0.4, 0.5) is 0 Å². The van der Waals surface area contributed by atoms with Gasteiger partial charge in [-0.15, -0.1) is 0 Å². The van der Waals surface area contributed by atoms with E-state index >= 15 is 0 Å². The third kappa shape index (κ3) is 63.6. The van der Waals surface area contributed by atoms with Crippen LogP contribution in [-0.2, 0) is 28.6 Å². The topological polar surface area (TPSA) is 78.9 Å². The summed E-state index contributed by atoms with van der Waals surface area (Å²) >= 11 is 0. The lowest BCUT2D eigenvalue weighted by atomic mass is 10.0. The lowest BCUT2D eigenvalue weighted by Gasteiger charge is -2.18. The normalized spacial score (nSPS) is 12.5. The van der Waals surface area contributed by atoms with Gasteiger partial charge in [-0.1, -0.05) is 325 Å². The van der Waals surface area contributed by atoms with Crippen LogP contribution in [0.5, 0.6) is 0 Å². The minimum Gasteiger partial charge on any atom is -0.462 e. The van der Waals surface area contributed by atoms with Crippen molar-refractivity contribution in [2.75, 3.05) is 13.2 Å². The second kappa shape index (κ2) is 65.4. The van der Waals surface area contributed by atoms with Crippen LogP contribution >= 0.6 is 0 Å². The molecule has 0 rings (SSSR count). The van der Waals surface area contributed by atoms with Crippen LogP contribution in [0.25, 0.3) is 0 Å². The zero-order valence-corrected chi connectivity index (χ0v) is 51.2. The number of carbonyl (C=O) groups is 3. The first kappa shape index (κ1) is 73.8. The minimum atomic E-state index is -0.768. The van der Waals surface area contributed by atoms with Gasteiger partial charge in [0.25, 0.3) is 0 Å². The second-order valence-corrected chi connectivity index (χ2v) is 22.4. The predicted octanol–water partition coefficient (Wildman–Crippen LogP) is 22.9. The molecule has 0 N–H and O–H groups in total. The van der Waals surface area contributed by atoms with Crippen molar-refractivity contribution in [2.45, 2.75) is 348 Å². The molecule has 0 aromatic heterocycles. The van der Waals surface area contributed by atoms with Crippen molar-refractivity contribution >= 4 is 17.9 Å². The molecule has 1 unspecified atom stereocenters. The van der Waals surface area contributed by atoms with E-state index in [1.54, 1.807) is 0 Å². The fraction of sp³-hybridized carbons (Fsp3) is 0.789. The zero-order valence-electron chi connectivity index (χ0n) is 51.2. The van der Waals surface area contributed by atoms with Gasteiger partial charge in [0.05, 0.1) is 0 Å². The largest absolute Gasteiger partial charge is 0.462 e. The molecule has 446 valence electrons. The van der Waals surface area contributed by atoms with Crippen molar-refractivity contribution in [3.63, 3.8) is 0 Å². The maximum absolute atomic E-state index is 12.9. The summed E-state index contributed by atoms with van der Waals surface area (Å²) in [5.41, 5.74) is 0. The van der Waals surface area contributed by atoms with E-state index in [0.29, 0.717) is 19.3 Å². The van der Waals surface area contributed by atoms with E-state index in [0.717, 1.165) is 96.3 Å². The van der Waals surface area contributed by atoms with Gasteiger partial charge in [0.15, 0.2) is 6.10 Å². The van der Waals surface area contributed by atoms with Crippen molar-refractivity contribution in [3.05, 3.63) is 72.9 Å². The molecule has 0 fully saturated rings. The molecule has 77 heavy (non-hydrogen) atoms. The molecule has 0 aliphatic carbocycles. The number of carbonyl (C=O) groups excluding carboxylic acids is 3. The molecule has 0 aliphatic heterocycles. The molecule has 0 radical (unpaired) electrons. The lowest BCUT2D eigenvalue weighted by Crippen LogP contribution is -2.30. The van der Waals surface area contributed by atoms with Gasteiger partial charge in [0.1, 0.15) is 13.2 Å². The van der Waals surface area contributed by atoms with Gasteiger partial charge in [0, 0.05) is 19.3 Å². The van der Waals surface area contributed by atoms with Gasteiger partial charge in [-0.2, -0.15) is 0 Å². The molecule has 0 aromatic carbocycles. The molecule has 0 heterocycles. The number of unbranched alkanes of at least 4 members (excludes halogenated alkanes) is 38. The Bertz CT molecular complexity index is 1420. The van der Waals surface area contributed by atoms with Gasteiger partial charge in [-0.25, -0.2) is 0 Å². The van der Waals surface area contributed by atoms with Crippen LogP contribution < -0.4 is 0 Å². The Balaban J connectivity index is 4.05. The summed E-state index contributed by atoms with van der Waals surface area (Å²) in [5, 5.41) is 0. The molecule has 0 aliphatic rings. The molecular weight excluding hydrogens is 949 g/mol. The minimum absolute atomic E-state index is 0.0677. The number of hydrogen-bond donors (Lipinski definition) is 0. The average molecular weight is 1080 g/mol. The molecule has 6 heteroatoms. The van der Waals surface area contributed by atoms with Crippen molar-refractivity contribution < 1.29 is 28.6 Å². The molecular formula is C71H126O6. The SMILES string of the molecule is CC/C=C\C/C=C\C/C=C\C/C=C\C/C=C\C/C=C\CCCCCCCCCCCCCCCCCCC(=O)OCC(COC(=O)CCCCCCCCCCCCC)OC(=O)CCCCCCCCCCCCCCC. The first-order chi connectivity index (χ1) is 38.0. The molecule has 1 atom stereocenters. The van der Waals surface area contributed by atoms with Gasteiger partial charge in [0.2, 0.25) is 0 Å². The third-order valence-electron chi connectivity index (χ3n) is 14.7. The summed E-state index contributed by atoms with van der Waals surface area (Å²) < 4.78 is 16.9.